The van der Waals surface area contributed by atoms with E-state index in [9.17, 15) is 4.79 Å². The van der Waals surface area contributed by atoms with Gasteiger partial charge in [-0.15, -0.1) is 0 Å². The maximum atomic E-state index is 10.6. The molecule has 0 aliphatic carbocycles. The zero-order valence-corrected chi connectivity index (χ0v) is 9.83. The van der Waals surface area contributed by atoms with Crippen molar-refractivity contribution in [1.29, 1.82) is 0 Å². The summed E-state index contributed by atoms with van der Waals surface area (Å²) in [4.78, 5) is 13.1. The van der Waals surface area contributed by atoms with Crippen LogP contribution < -0.4 is 0 Å². The first-order chi connectivity index (χ1) is 7.29. The summed E-state index contributed by atoms with van der Waals surface area (Å²) in [7, 11) is 0. The summed E-state index contributed by atoms with van der Waals surface area (Å²) in [6.07, 6.45) is 5.64. The molecule has 0 amide bonds. The van der Waals surface area contributed by atoms with Gasteiger partial charge in [-0.05, 0) is 52.2 Å². The molecule has 1 rings (SSSR count). The molecule has 0 spiro atoms. The number of ketones is 1. The van der Waals surface area contributed by atoms with E-state index in [1.807, 2.05) is 0 Å². The molecule has 1 aliphatic rings. The summed E-state index contributed by atoms with van der Waals surface area (Å²) in [5.41, 5.74) is 0. The van der Waals surface area contributed by atoms with E-state index >= 15 is 0 Å². The van der Waals surface area contributed by atoms with Gasteiger partial charge in [-0.1, -0.05) is 0 Å². The van der Waals surface area contributed by atoms with Crippen LogP contribution in [0, 0.1) is 0 Å². The van der Waals surface area contributed by atoms with Crippen molar-refractivity contribution in [3.05, 3.63) is 0 Å². The lowest BCUT2D eigenvalue weighted by Gasteiger charge is -2.13. The van der Waals surface area contributed by atoms with Crippen molar-refractivity contribution in [2.24, 2.45) is 0 Å². The Bertz CT molecular complexity index is 176. The fourth-order valence-electron chi connectivity index (χ4n) is 1.86. The van der Waals surface area contributed by atoms with Crippen molar-refractivity contribution in [2.45, 2.75) is 39.0 Å². The molecule has 0 saturated carbocycles. The number of carbonyl (C=O) groups is 1. The van der Waals surface area contributed by atoms with Gasteiger partial charge in [0.05, 0.1) is 6.61 Å². The summed E-state index contributed by atoms with van der Waals surface area (Å²) in [5, 5.41) is 0. The van der Waals surface area contributed by atoms with E-state index in [0.717, 1.165) is 13.0 Å². The van der Waals surface area contributed by atoms with Crippen LogP contribution in [0.25, 0.3) is 0 Å². The summed E-state index contributed by atoms with van der Waals surface area (Å²) < 4.78 is 5.37. The van der Waals surface area contributed by atoms with Gasteiger partial charge in [-0.3, -0.25) is 4.79 Å². The lowest BCUT2D eigenvalue weighted by Crippen LogP contribution is -2.20. The summed E-state index contributed by atoms with van der Waals surface area (Å²) in [6.45, 7) is 6.79. The molecule has 15 heavy (non-hydrogen) atoms. The molecule has 0 aromatic carbocycles. The third-order valence-electron chi connectivity index (χ3n) is 2.81. The Kier molecular flexibility index (Phi) is 6.60. The van der Waals surface area contributed by atoms with Crippen molar-refractivity contribution < 1.29 is 9.53 Å². The van der Waals surface area contributed by atoms with Gasteiger partial charge in [0.25, 0.3) is 0 Å². The molecule has 0 unspecified atom stereocenters. The molecule has 1 heterocycles. The Balaban J connectivity index is 1.78. The highest BCUT2D eigenvalue weighted by atomic mass is 16.5. The number of ether oxygens (including phenoxy) is 1. The van der Waals surface area contributed by atoms with Crippen LogP contribution in [-0.2, 0) is 9.53 Å². The van der Waals surface area contributed by atoms with Crippen molar-refractivity contribution in [2.75, 3.05) is 32.8 Å². The van der Waals surface area contributed by atoms with E-state index in [4.69, 9.17) is 4.74 Å². The van der Waals surface area contributed by atoms with Crippen LogP contribution in [-0.4, -0.2) is 43.5 Å². The fraction of sp³-hybridized carbons (Fsp3) is 0.917. The van der Waals surface area contributed by atoms with Gasteiger partial charge in [-0.2, -0.15) is 0 Å². The molecule has 3 heteroatoms. The van der Waals surface area contributed by atoms with Gasteiger partial charge in [0.1, 0.15) is 5.78 Å². The third kappa shape index (κ3) is 6.63. The van der Waals surface area contributed by atoms with Gasteiger partial charge >= 0.3 is 0 Å². The highest BCUT2D eigenvalue weighted by Gasteiger charge is 2.09. The zero-order chi connectivity index (χ0) is 10.9. The second-order valence-corrected chi connectivity index (χ2v) is 4.32. The zero-order valence-electron chi connectivity index (χ0n) is 9.83. The number of unbranched alkanes of at least 4 members (excludes halogenated alkanes) is 1. The lowest BCUT2D eigenvalue weighted by molar-refractivity contribution is -0.118. The minimum Gasteiger partial charge on any atom is -0.381 e. The molecule has 0 N–H and O–H groups in total. The number of carbonyl (C=O) groups excluding carboxylic acids is 1. The molecule has 88 valence electrons. The van der Waals surface area contributed by atoms with Crippen LogP contribution in [0.3, 0.4) is 0 Å². The molecule has 0 aromatic rings. The van der Waals surface area contributed by atoms with E-state index in [2.05, 4.69) is 4.90 Å². The molecule has 0 bridgehead atoms. The molecule has 1 saturated heterocycles. The molecule has 0 aromatic heterocycles. The van der Waals surface area contributed by atoms with Gasteiger partial charge in [-0.25, -0.2) is 0 Å². The van der Waals surface area contributed by atoms with Crippen molar-refractivity contribution >= 4 is 5.78 Å². The molecular formula is C12H23NO2. The SMILES string of the molecule is CC(=O)CCOCCCCN1CCCC1. The average Bonchev–Trinajstić information content (AvgIpc) is 2.68. The van der Waals surface area contributed by atoms with Gasteiger partial charge in [0.15, 0.2) is 0 Å². The van der Waals surface area contributed by atoms with Crippen LogP contribution in [0.2, 0.25) is 0 Å². The Morgan fingerprint density at radius 2 is 1.93 bits per heavy atom. The van der Waals surface area contributed by atoms with Crippen LogP contribution in [0.5, 0.6) is 0 Å². The number of rotatable bonds is 8. The lowest BCUT2D eigenvalue weighted by atomic mass is 10.3. The molecule has 1 fully saturated rings. The minimum atomic E-state index is 0.215. The maximum absolute atomic E-state index is 10.6. The predicted octanol–water partition coefficient (Wildman–Crippen LogP) is 1.86. The maximum Gasteiger partial charge on any atom is 0.132 e. The standard InChI is InChI=1S/C12H23NO2/c1-12(14)6-11-15-10-5-4-9-13-7-2-3-8-13/h2-11H2,1H3. The third-order valence-corrected chi connectivity index (χ3v) is 2.81. The van der Waals surface area contributed by atoms with Crippen LogP contribution in [0.1, 0.15) is 39.0 Å². The van der Waals surface area contributed by atoms with E-state index in [1.165, 1.54) is 38.9 Å². The Morgan fingerprint density at radius 1 is 1.20 bits per heavy atom. The number of hydrogen-bond donors (Lipinski definition) is 0. The quantitative estimate of drug-likeness (QED) is 0.576. The number of likely N-dealkylation sites (tertiary alicyclic amines) is 1. The first-order valence-electron chi connectivity index (χ1n) is 6.08. The monoisotopic (exact) mass is 213 g/mol. The smallest absolute Gasteiger partial charge is 0.132 e. The molecule has 0 atom stereocenters. The number of Topliss-reactive ketones (excluding diaryl/α,β-unsaturated/α-hetero) is 1. The Labute approximate surface area is 92.8 Å². The Hall–Kier alpha value is -0.410. The van der Waals surface area contributed by atoms with Gasteiger partial charge < -0.3 is 9.64 Å². The first kappa shape index (κ1) is 12.7. The first-order valence-corrected chi connectivity index (χ1v) is 6.08. The second kappa shape index (κ2) is 7.83. The van der Waals surface area contributed by atoms with Crippen molar-refractivity contribution in [3.63, 3.8) is 0 Å². The minimum absolute atomic E-state index is 0.215. The summed E-state index contributed by atoms with van der Waals surface area (Å²) in [5.74, 6) is 0.215. The van der Waals surface area contributed by atoms with Crippen LogP contribution in [0.4, 0.5) is 0 Å². The highest BCUT2D eigenvalue weighted by molar-refractivity contribution is 5.75. The predicted molar refractivity (Wildman–Crippen MR) is 61.0 cm³/mol. The van der Waals surface area contributed by atoms with Crippen LogP contribution >= 0.6 is 0 Å². The fourth-order valence-corrected chi connectivity index (χ4v) is 1.86. The second-order valence-electron chi connectivity index (χ2n) is 4.32. The average molecular weight is 213 g/mol. The molecular weight excluding hydrogens is 190 g/mol. The van der Waals surface area contributed by atoms with E-state index in [1.54, 1.807) is 6.92 Å². The van der Waals surface area contributed by atoms with Gasteiger partial charge in [0, 0.05) is 13.0 Å². The van der Waals surface area contributed by atoms with E-state index < -0.39 is 0 Å². The largest absolute Gasteiger partial charge is 0.381 e. The highest BCUT2D eigenvalue weighted by Crippen LogP contribution is 2.08. The molecule has 3 nitrogen and oxygen atoms in total. The van der Waals surface area contributed by atoms with E-state index in [-0.39, 0.29) is 5.78 Å². The topological polar surface area (TPSA) is 29.5 Å². The molecule has 0 radical (unpaired) electrons. The normalized spacial score (nSPS) is 17.1. The molecule has 1 aliphatic heterocycles. The summed E-state index contributed by atoms with van der Waals surface area (Å²) >= 11 is 0. The van der Waals surface area contributed by atoms with Crippen molar-refractivity contribution in [3.8, 4) is 0 Å². The van der Waals surface area contributed by atoms with Crippen molar-refractivity contribution in [1.82, 2.24) is 4.90 Å². The van der Waals surface area contributed by atoms with Gasteiger partial charge in [0.2, 0.25) is 0 Å². The Morgan fingerprint density at radius 3 is 2.60 bits per heavy atom. The summed E-state index contributed by atoms with van der Waals surface area (Å²) in [6, 6.07) is 0. The van der Waals surface area contributed by atoms with E-state index in [0.29, 0.717) is 13.0 Å². The number of hydrogen-bond acceptors (Lipinski definition) is 3. The number of nitrogens with zero attached hydrogens (tertiary/aromatic N) is 1. The van der Waals surface area contributed by atoms with Crippen LogP contribution in [0.15, 0.2) is 0 Å².